The van der Waals surface area contributed by atoms with Crippen LogP contribution < -0.4 is 5.73 Å². The second-order valence-corrected chi connectivity index (χ2v) is 5.12. The first-order chi connectivity index (χ1) is 7.94. The molecule has 0 spiro atoms. The summed E-state index contributed by atoms with van der Waals surface area (Å²) in [6.07, 6.45) is 2.13. The molecule has 0 radical (unpaired) electrons. The average molecular weight is 235 g/mol. The number of rotatable bonds is 5. The van der Waals surface area contributed by atoms with Crippen molar-refractivity contribution in [3.8, 4) is 0 Å². The van der Waals surface area contributed by atoms with Crippen LogP contribution in [0.2, 0.25) is 0 Å². The predicted molar refractivity (Wildman–Crippen MR) is 69.8 cm³/mol. The minimum absolute atomic E-state index is 0.0325. The van der Waals surface area contributed by atoms with Gasteiger partial charge in [-0.2, -0.15) is 0 Å². The zero-order valence-electron chi connectivity index (χ0n) is 10.8. The van der Waals surface area contributed by atoms with Crippen molar-refractivity contribution in [2.75, 3.05) is 12.3 Å². The second-order valence-electron chi connectivity index (χ2n) is 5.12. The van der Waals surface area contributed by atoms with E-state index in [9.17, 15) is 4.79 Å². The summed E-state index contributed by atoms with van der Waals surface area (Å²) in [4.78, 5) is 11.8. The van der Waals surface area contributed by atoms with Gasteiger partial charge in [0.15, 0.2) is 0 Å². The van der Waals surface area contributed by atoms with Crippen molar-refractivity contribution in [1.82, 2.24) is 0 Å². The van der Waals surface area contributed by atoms with Crippen molar-refractivity contribution in [2.24, 2.45) is 5.41 Å². The topological polar surface area (TPSA) is 52.3 Å². The highest BCUT2D eigenvalue weighted by Crippen LogP contribution is 2.23. The Morgan fingerprint density at radius 1 is 1.41 bits per heavy atom. The molecule has 0 aliphatic rings. The lowest BCUT2D eigenvalue weighted by Crippen LogP contribution is -2.21. The van der Waals surface area contributed by atoms with E-state index in [4.69, 9.17) is 10.5 Å². The Hall–Kier alpha value is -1.51. The predicted octanol–water partition coefficient (Wildman–Crippen LogP) is 3.25. The minimum atomic E-state index is -0.304. The number of hydrogen-bond donors (Lipinski definition) is 1. The summed E-state index contributed by atoms with van der Waals surface area (Å²) in [6, 6.07) is 6.85. The van der Waals surface area contributed by atoms with Gasteiger partial charge in [0.1, 0.15) is 0 Å². The fourth-order valence-corrected chi connectivity index (χ4v) is 1.76. The molecule has 17 heavy (non-hydrogen) atoms. The third-order valence-electron chi connectivity index (χ3n) is 2.64. The number of anilines is 1. The summed E-state index contributed by atoms with van der Waals surface area (Å²) in [5.74, 6) is -0.304. The molecule has 1 rings (SSSR count). The van der Waals surface area contributed by atoms with Crippen LogP contribution in [0, 0.1) is 5.41 Å². The molecule has 0 saturated carbocycles. The summed E-state index contributed by atoms with van der Waals surface area (Å²) in [6.45, 7) is 6.77. The van der Waals surface area contributed by atoms with Crippen LogP contribution in [-0.4, -0.2) is 12.6 Å². The summed E-state index contributed by atoms with van der Waals surface area (Å²) in [7, 11) is 0. The molecule has 0 bridgehead atoms. The standard InChI is InChI=1S/C14H21NO2/c1-4-8-14(2,3)10-17-13(16)11-6-5-7-12(15)9-11/h5-7,9H,4,8,10,15H2,1-3H3. The van der Waals surface area contributed by atoms with Crippen molar-refractivity contribution < 1.29 is 9.53 Å². The van der Waals surface area contributed by atoms with Crippen LogP contribution in [0.4, 0.5) is 5.69 Å². The summed E-state index contributed by atoms with van der Waals surface area (Å²) < 4.78 is 5.31. The molecular weight excluding hydrogens is 214 g/mol. The number of ether oxygens (including phenoxy) is 1. The summed E-state index contributed by atoms with van der Waals surface area (Å²) in [5, 5.41) is 0. The lowest BCUT2D eigenvalue weighted by Gasteiger charge is -2.23. The Kier molecular flexibility index (Phi) is 4.55. The Morgan fingerprint density at radius 2 is 2.12 bits per heavy atom. The fraction of sp³-hybridized carbons (Fsp3) is 0.500. The van der Waals surface area contributed by atoms with E-state index >= 15 is 0 Å². The zero-order chi connectivity index (χ0) is 12.9. The van der Waals surface area contributed by atoms with Crippen LogP contribution in [0.15, 0.2) is 24.3 Å². The van der Waals surface area contributed by atoms with Crippen molar-refractivity contribution in [2.45, 2.75) is 33.6 Å². The van der Waals surface area contributed by atoms with Gasteiger partial charge in [0.05, 0.1) is 12.2 Å². The molecule has 0 heterocycles. The van der Waals surface area contributed by atoms with Gasteiger partial charge in [-0.05, 0) is 30.0 Å². The maximum absolute atomic E-state index is 11.8. The lowest BCUT2D eigenvalue weighted by atomic mass is 9.89. The Morgan fingerprint density at radius 3 is 2.71 bits per heavy atom. The van der Waals surface area contributed by atoms with E-state index in [1.807, 2.05) is 0 Å². The van der Waals surface area contributed by atoms with E-state index in [1.54, 1.807) is 24.3 Å². The molecule has 94 valence electrons. The van der Waals surface area contributed by atoms with Gasteiger partial charge < -0.3 is 10.5 Å². The lowest BCUT2D eigenvalue weighted by molar-refractivity contribution is 0.0326. The van der Waals surface area contributed by atoms with E-state index in [1.165, 1.54) is 0 Å². The van der Waals surface area contributed by atoms with Crippen LogP contribution in [0.25, 0.3) is 0 Å². The number of nitrogens with two attached hydrogens (primary N) is 1. The number of benzene rings is 1. The van der Waals surface area contributed by atoms with Gasteiger partial charge in [-0.25, -0.2) is 4.79 Å². The van der Waals surface area contributed by atoms with Crippen molar-refractivity contribution in [3.05, 3.63) is 29.8 Å². The molecule has 3 nitrogen and oxygen atoms in total. The SMILES string of the molecule is CCCC(C)(C)COC(=O)c1cccc(N)c1. The normalized spacial score (nSPS) is 11.2. The van der Waals surface area contributed by atoms with Gasteiger partial charge >= 0.3 is 5.97 Å². The number of carbonyl (C=O) groups excluding carboxylic acids is 1. The van der Waals surface area contributed by atoms with E-state index in [2.05, 4.69) is 20.8 Å². The molecule has 1 aromatic rings. The van der Waals surface area contributed by atoms with Gasteiger partial charge in [0, 0.05) is 5.69 Å². The van der Waals surface area contributed by atoms with Crippen LogP contribution in [0.5, 0.6) is 0 Å². The molecule has 0 aliphatic carbocycles. The summed E-state index contributed by atoms with van der Waals surface area (Å²) in [5.41, 5.74) is 6.74. The highest BCUT2D eigenvalue weighted by Gasteiger charge is 2.19. The van der Waals surface area contributed by atoms with Gasteiger partial charge in [-0.3, -0.25) is 0 Å². The molecule has 0 atom stereocenters. The number of carbonyl (C=O) groups is 1. The fourth-order valence-electron chi connectivity index (χ4n) is 1.76. The number of hydrogen-bond acceptors (Lipinski definition) is 3. The molecule has 0 aromatic heterocycles. The average Bonchev–Trinajstić information content (AvgIpc) is 2.26. The molecule has 0 saturated heterocycles. The molecule has 3 heteroatoms. The van der Waals surface area contributed by atoms with E-state index in [0.29, 0.717) is 17.9 Å². The van der Waals surface area contributed by atoms with Crippen LogP contribution in [-0.2, 0) is 4.74 Å². The smallest absolute Gasteiger partial charge is 0.338 e. The first kappa shape index (κ1) is 13.6. The van der Waals surface area contributed by atoms with Crippen LogP contribution in [0.3, 0.4) is 0 Å². The Labute approximate surface area is 103 Å². The Balaban J connectivity index is 2.56. The zero-order valence-corrected chi connectivity index (χ0v) is 10.8. The molecule has 0 fully saturated rings. The molecule has 0 unspecified atom stereocenters. The first-order valence-corrected chi connectivity index (χ1v) is 5.97. The van der Waals surface area contributed by atoms with E-state index < -0.39 is 0 Å². The van der Waals surface area contributed by atoms with Crippen LogP contribution >= 0.6 is 0 Å². The largest absolute Gasteiger partial charge is 0.462 e. The van der Waals surface area contributed by atoms with Gasteiger partial charge in [-0.1, -0.05) is 33.3 Å². The Bertz CT molecular complexity index is 386. The quantitative estimate of drug-likeness (QED) is 0.629. The highest BCUT2D eigenvalue weighted by molar-refractivity contribution is 5.90. The number of esters is 1. The second kappa shape index (κ2) is 5.71. The molecular formula is C14H21NO2. The molecule has 0 amide bonds. The highest BCUT2D eigenvalue weighted by atomic mass is 16.5. The molecule has 0 aliphatic heterocycles. The van der Waals surface area contributed by atoms with Crippen molar-refractivity contribution >= 4 is 11.7 Å². The summed E-state index contributed by atoms with van der Waals surface area (Å²) >= 11 is 0. The minimum Gasteiger partial charge on any atom is -0.462 e. The monoisotopic (exact) mass is 235 g/mol. The van der Waals surface area contributed by atoms with E-state index in [0.717, 1.165) is 12.8 Å². The van der Waals surface area contributed by atoms with Crippen molar-refractivity contribution in [1.29, 1.82) is 0 Å². The van der Waals surface area contributed by atoms with Crippen molar-refractivity contribution in [3.63, 3.8) is 0 Å². The van der Waals surface area contributed by atoms with E-state index in [-0.39, 0.29) is 11.4 Å². The van der Waals surface area contributed by atoms with Gasteiger partial charge in [-0.15, -0.1) is 0 Å². The van der Waals surface area contributed by atoms with Crippen LogP contribution in [0.1, 0.15) is 44.0 Å². The first-order valence-electron chi connectivity index (χ1n) is 5.97. The number of nitrogen functional groups attached to an aromatic ring is 1. The third-order valence-corrected chi connectivity index (χ3v) is 2.64. The maximum atomic E-state index is 11.8. The maximum Gasteiger partial charge on any atom is 0.338 e. The molecule has 2 N–H and O–H groups in total. The molecule has 1 aromatic carbocycles. The van der Waals surface area contributed by atoms with Gasteiger partial charge in [0.25, 0.3) is 0 Å². The van der Waals surface area contributed by atoms with Gasteiger partial charge in [0.2, 0.25) is 0 Å². The third kappa shape index (κ3) is 4.47.